The summed E-state index contributed by atoms with van der Waals surface area (Å²) in [7, 11) is 0. The van der Waals surface area contributed by atoms with Crippen molar-refractivity contribution in [2.75, 3.05) is 0 Å². The first-order valence-electron chi connectivity index (χ1n) is 7.99. The standard InChI is InChI=1S/C18H29NO/c1-10(2)15-8-12(5)14(7)20-18-17(15)16(11(3)4)9-13(6)19-18/h9-12,14-15H,8H2,1-7H3/t12-,14-,15?/m0/s1. The van der Waals surface area contributed by atoms with Crippen LogP contribution in [0.1, 0.15) is 76.6 Å². The molecule has 0 amide bonds. The van der Waals surface area contributed by atoms with Crippen LogP contribution < -0.4 is 4.74 Å². The second-order valence-electron chi connectivity index (χ2n) is 7.11. The molecule has 0 bridgehead atoms. The van der Waals surface area contributed by atoms with E-state index in [0.29, 0.717) is 23.7 Å². The van der Waals surface area contributed by atoms with E-state index in [1.54, 1.807) is 0 Å². The van der Waals surface area contributed by atoms with E-state index in [1.807, 2.05) is 0 Å². The average molecular weight is 275 g/mol. The van der Waals surface area contributed by atoms with Crippen LogP contribution in [0.4, 0.5) is 0 Å². The number of pyridine rings is 1. The Morgan fingerprint density at radius 2 is 1.85 bits per heavy atom. The van der Waals surface area contributed by atoms with Crippen LogP contribution in [-0.4, -0.2) is 11.1 Å². The SMILES string of the molecule is Cc1cc(C(C)C)c2c(n1)O[C@@H](C)[C@@H](C)CC2C(C)C. The summed E-state index contributed by atoms with van der Waals surface area (Å²) < 4.78 is 6.21. The molecule has 0 aliphatic carbocycles. The molecule has 0 radical (unpaired) electrons. The Bertz CT molecular complexity index is 479. The largest absolute Gasteiger partial charge is 0.474 e. The monoisotopic (exact) mass is 275 g/mol. The van der Waals surface area contributed by atoms with Gasteiger partial charge in [0.05, 0.1) is 0 Å². The zero-order valence-corrected chi connectivity index (χ0v) is 14.0. The molecule has 20 heavy (non-hydrogen) atoms. The Labute approximate surface area is 124 Å². The highest BCUT2D eigenvalue weighted by Gasteiger charge is 2.33. The highest BCUT2D eigenvalue weighted by molar-refractivity contribution is 5.42. The highest BCUT2D eigenvalue weighted by Crippen LogP contribution is 2.44. The second-order valence-corrected chi connectivity index (χ2v) is 7.11. The van der Waals surface area contributed by atoms with Crippen molar-refractivity contribution in [3.05, 3.63) is 22.9 Å². The molecule has 1 aromatic heterocycles. The normalized spacial score (nSPS) is 26.4. The molecular formula is C18H29NO. The fourth-order valence-corrected chi connectivity index (χ4v) is 3.23. The van der Waals surface area contributed by atoms with Crippen molar-refractivity contribution < 1.29 is 4.74 Å². The molecule has 3 atom stereocenters. The first kappa shape index (κ1) is 15.3. The van der Waals surface area contributed by atoms with Crippen LogP contribution in [0.25, 0.3) is 0 Å². The number of nitrogens with zero attached hydrogens (tertiary/aromatic N) is 1. The molecule has 1 aliphatic heterocycles. The molecule has 2 heterocycles. The number of aryl methyl sites for hydroxylation is 1. The second kappa shape index (κ2) is 5.75. The molecule has 2 heteroatoms. The van der Waals surface area contributed by atoms with E-state index in [4.69, 9.17) is 9.72 Å². The predicted octanol–water partition coefficient (Wildman–Crippen LogP) is 5.06. The number of ether oxygens (including phenoxy) is 1. The van der Waals surface area contributed by atoms with E-state index in [1.165, 1.54) is 17.5 Å². The first-order chi connectivity index (χ1) is 9.31. The van der Waals surface area contributed by atoms with Gasteiger partial charge in [-0.1, -0.05) is 34.6 Å². The molecule has 1 aromatic rings. The van der Waals surface area contributed by atoms with Crippen LogP contribution in [0, 0.1) is 18.8 Å². The Balaban J connectivity index is 2.63. The van der Waals surface area contributed by atoms with Crippen LogP contribution in [0.5, 0.6) is 5.88 Å². The van der Waals surface area contributed by atoms with Crippen LogP contribution in [0.15, 0.2) is 6.07 Å². The van der Waals surface area contributed by atoms with Gasteiger partial charge in [0.1, 0.15) is 6.10 Å². The molecular weight excluding hydrogens is 246 g/mol. The Kier molecular flexibility index (Phi) is 4.41. The van der Waals surface area contributed by atoms with Crippen molar-refractivity contribution in [2.45, 2.75) is 72.8 Å². The van der Waals surface area contributed by atoms with Gasteiger partial charge in [0, 0.05) is 11.3 Å². The van der Waals surface area contributed by atoms with Crippen molar-refractivity contribution in [3.8, 4) is 5.88 Å². The molecule has 0 saturated carbocycles. The maximum absolute atomic E-state index is 6.21. The minimum Gasteiger partial charge on any atom is -0.474 e. The van der Waals surface area contributed by atoms with Gasteiger partial charge in [-0.05, 0) is 55.6 Å². The maximum atomic E-state index is 6.21. The van der Waals surface area contributed by atoms with E-state index in [9.17, 15) is 0 Å². The lowest BCUT2D eigenvalue weighted by molar-refractivity contribution is 0.154. The quantitative estimate of drug-likeness (QED) is 0.752. The minimum atomic E-state index is 0.242. The van der Waals surface area contributed by atoms with E-state index in [0.717, 1.165) is 11.6 Å². The summed E-state index contributed by atoms with van der Waals surface area (Å²) in [5.74, 6) is 3.14. The summed E-state index contributed by atoms with van der Waals surface area (Å²) in [4.78, 5) is 4.71. The van der Waals surface area contributed by atoms with E-state index >= 15 is 0 Å². The summed E-state index contributed by atoms with van der Waals surface area (Å²) in [6, 6.07) is 2.25. The van der Waals surface area contributed by atoms with Crippen molar-refractivity contribution in [1.29, 1.82) is 0 Å². The molecule has 0 N–H and O–H groups in total. The maximum Gasteiger partial charge on any atom is 0.217 e. The number of rotatable bonds is 2. The van der Waals surface area contributed by atoms with Gasteiger partial charge >= 0.3 is 0 Å². The Hall–Kier alpha value is -1.05. The van der Waals surface area contributed by atoms with Crippen LogP contribution in [-0.2, 0) is 0 Å². The minimum absolute atomic E-state index is 0.242. The topological polar surface area (TPSA) is 22.1 Å². The van der Waals surface area contributed by atoms with Gasteiger partial charge in [-0.2, -0.15) is 0 Å². The van der Waals surface area contributed by atoms with Crippen molar-refractivity contribution in [1.82, 2.24) is 4.98 Å². The molecule has 2 nitrogen and oxygen atoms in total. The Morgan fingerprint density at radius 1 is 1.20 bits per heavy atom. The van der Waals surface area contributed by atoms with Crippen LogP contribution in [0.3, 0.4) is 0 Å². The van der Waals surface area contributed by atoms with Gasteiger partial charge in [-0.3, -0.25) is 0 Å². The van der Waals surface area contributed by atoms with Gasteiger partial charge in [-0.25, -0.2) is 4.98 Å². The highest BCUT2D eigenvalue weighted by atomic mass is 16.5. The molecule has 0 saturated heterocycles. The third-order valence-electron chi connectivity index (χ3n) is 4.71. The van der Waals surface area contributed by atoms with Crippen molar-refractivity contribution in [2.24, 2.45) is 11.8 Å². The van der Waals surface area contributed by atoms with Gasteiger partial charge in [0.2, 0.25) is 5.88 Å². The van der Waals surface area contributed by atoms with Crippen molar-refractivity contribution >= 4 is 0 Å². The van der Waals surface area contributed by atoms with E-state index < -0.39 is 0 Å². The summed E-state index contributed by atoms with van der Waals surface area (Å²) >= 11 is 0. The number of fused-ring (bicyclic) bond motifs is 1. The average Bonchev–Trinajstić information content (AvgIpc) is 2.46. The van der Waals surface area contributed by atoms with Gasteiger partial charge in [0.25, 0.3) is 0 Å². The molecule has 1 aliphatic rings. The zero-order valence-electron chi connectivity index (χ0n) is 14.0. The van der Waals surface area contributed by atoms with Gasteiger partial charge in [0.15, 0.2) is 0 Å². The Morgan fingerprint density at radius 3 is 2.40 bits per heavy atom. The third kappa shape index (κ3) is 2.84. The fraction of sp³-hybridized carbons (Fsp3) is 0.722. The van der Waals surface area contributed by atoms with Crippen LogP contribution in [0.2, 0.25) is 0 Å². The van der Waals surface area contributed by atoms with Crippen molar-refractivity contribution in [3.63, 3.8) is 0 Å². The fourth-order valence-electron chi connectivity index (χ4n) is 3.23. The van der Waals surface area contributed by atoms with E-state index in [-0.39, 0.29) is 6.10 Å². The predicted molar refractivity (Wildman–Crippen MR) is 84.5 cm³/mol. The molecule has 0 spiro atoms. The summed E-state index contributed by atoms with van der Waals surface area (Å²) in [5.41, 5.74) is 3.86. The van der Waals surface area contributed by atoms with Gasteiger partial charge < -0.3 is 4.74 Å². The molecule has 112 valence electrons. The molecule has 0 aromatic carbocycles. The molecule has 2 rings (SSSR count). The van der Waals surface area contributed by atoms with E-state index in [2.05, 4.69) is 54.5 Å². The third-order valence-corrected chi connectivity index (χ3v) is 4.71. The summed E-state index contributed by atoms with van der Waals surface area (Å²) in [6.07, 6.45) is 1.43. The summed E-state index contributed by atoms with van der Waals surface area (Å²) in [6.45, 7) is 15.7. The lowest BCUT2D eigenvalue weighted by atomic mass is 9.78. The molecule has 0 fully saturated rings. The summed E-state index contributed by atoms with van der Waals surface area (Å²) in [5, 5.41) is 0. The number of hydrogen-bond donors (Lipinski definition) is 0. The first-order valence-corrected chi connectivity index (χ1v) is 7.99. The number of hydrogen-bond acceptors (Lipinski definition) is 2. The number of aromatic nitrogens is 1. The van der Waals surface area contributed by atoms with Gasteiger partial charge in [-0.15, -0.1) is 0 Å². The zero-order chi connectivity index (χ0) is 15.0. The van der Waals surface area contributed by atoms with Crippen LogP contribution >= 0.6 is 0 Å². The lowest BCUT2D eigenvalue weighted by Crippen LogP contribution is -2.21. The molecule has 1 unspecified atom stereocenters. The smallest absolute Gasteiger partial charge is 0.217 e. The lowest BCUT2D eigenvalue weighted by Gasteiger charge is -2.25.